The molecule has 0 aromatic heterocycles. The average molecular weight is 257 g/mol. The zero-order valence-electron chi connectivity index (χ0n) is 12.0. The number of fused-ring (bicyclic) bond motifs is 1. The number of aryl methyl sites for hydroxylation is 1. The van der Waals surface area contributed by atoms with Crippen LogP contribution in [0.3, 0.4) is 0 Å². The van der Waals surface area contributed by atoms with Crippen LogP contribution in [-0.4, -0.2) is 6.54 Å². The Morgan fingerprint density at radius 2 is 1.74 bits per heavy atom. The summed E-state index contributed by atoms with van der Waals surface area (Å²) < 4.78 is 0. The van der Waals surface area contributed by atoms with Gasteiger partial charge in [-0.2, -0.15) is 0 Å². The minimum Gasteiger partial charge on any atom is -0.310 e. The predicted molar refractivity (Wildman–Crippen MR) is 81.3 cm³/mol. The van der Waals surface area contributed by atoms with Crippen LogP contribution >= 0.6 is 0 Å². The number of hydrogen-bond acceptors (Lipinski definition) is 1. The first-order valence-electron chi connectivity index (χ1n) is 8.24. The molecule has 2 aliphatic rings. The third kappa shape index (κ3) is 3.39. The molecule has 0 saturated heterocycles. The van der Waals surface area contributed by atoms with Crippen molar-refractivity contribution in [2.45, 2.75) is 63.8 Å². The van der Waals surface area contributed by atoms with Gasteiger partial charge in [0.2, 0.25) is 0 Å². The van der Waals surface area contributed by atoms with Gasteiger partial charge < -0.3 is 5.32 Å². The van der Waals surface area contributed by atoms with Crippen LogP contribution in [0.1, 0.15) is 68.5 Å². The summed E-state index contributed by atoms with van der Waals surface area (Å²) in [7, 11) is 0. The smallest absolute Gasteiger partial charge is 0.0322 e. The standard InChI is InChI=1S/C18H27N/c1-2-8-15(7-1)13-14-19-18-12-6-4-10-16-9-3-5-11-17(16)18/h3,5,9,11,15,18-19H,1-2,4,6-8,10,12-14H2. The van der Waals surface area contributed by atoms with Crippen LogP contribution < -0.4 is 5.32 Å². The number of rotatable bonds is 4. The van der Waals surface area contributed by atoms with Crippen LogP contribution in [0.2, 0.25) is 0 Å². The highest BCUT2D eigenvalue weighted by Crippen LogP contribution is 2.30. The van der Waals surface area contributed by atoms with Crippen molar-refractivity contribution in [3.05, 3.63) is 35.4 Å². The summed E-state index contributed by atoms with van der Waals surface area (Å²) in [6.07, 6.45) is 12.6. The van der Waals surface area contributed by atoms with Gasteiger partial charge in [-0.15, -0.1) is 0 Å². The van der Waals surface area contributed by atoms with Gasteiger partial charge >= 0.3 is 0 Å². The zero-order valence-corrected chi connectivity index (χ0v) is 12.0. The maximum absolute atomic E-state index is 3.84. The molecule has 104 valence electrons. The van der Waals surface area contributed by atoms with Crippen molar-refractivity contribution in [3.8, 4) is 0 Å². The second-order valence-electron chi connectivity index (χ2n) is 6.39. The lowest BCUT2D eigenvalue weighted by Gasteiger charge is -2.20. The fourth-order valence-electron chi connectivity index (χ4n) is 3.89. The summed E-state index contributed by atoms with van der Waals surface area (Å²) >= 11 is 0. The molecule has 3 rings (SSSR count). The Labute approximate surface area is 117 Å². The molecule has 0 amide bonds. The quantitative estimate of drug-likeness (QED) is 0.776. The van der Waals surface area contributed by atoms with Gasteiger partial charge in [-0.1, -0.05) is 56.4 Å². The predicted octanol–water partition coefficient (Wildman–Crippen LogP) is 4.62. The van der Waals surface area contributed by atoms with Crippen LogP contribution in [0.25, 0.3) is 0 Å². The van der Waals surface area contributed by atoms with Crippen LogP contribution in [0.4, 0.5) is 0 Å². The molecular weight excluding hydrogens is 230 g/mol. The van der Waals surface area contributed by atoms with Gasteiger partial charge in [-0.25, -0.2) is 0 Å². The highest BCUT2D eigenvalue weighted by atomic mass is 14.9. The molecule has 1 aromatic carbocycles. The minimum atomic E-state index is 0.611. The van der Waals surface area contributed by atoms with Crippen LogP contribution in [-0.2, 0) is 6.42 Å². The molecule has 1 aromatic rings. The average Bonchev–Trinajstić information content (AvgIpc) is 2.87. The Bertz CT molecular complexity index is 392. The molecule has 0 heterocycles. The van der Waals surface area contributed by atoms with E-state index in [2.05, 4.69) is 29.6 Å². The van der Waals surface area contributed by atoms with E-state index in [4.69, 9.17) is 0 Å². The molecule has 1 atom stereocenters. The number of nitrogens with one attached hydrogen (secondary N) is 1. The molecule has 0 bridgehead atoms. The molecule has 0 radical (unpaired) electrons. The molecule has 2 aliphatic carbocycles. The minimum absolute atomic E-state index is 0.611. The summed E-state index contributed by atoms with van der Waals surface area (Å²) in [5, 5.41) is 3.84. The molecular formula is C18H27N. The van der Waals surface area contributed by atoms with Crippen molar-refractivity contribution >= 4 is 0 Å². The van der Waals surface area contributed by atoms with E-state index in [1.54, 1.807) is 11.1 Å². The van der Waals surface area contributed by atoms with E-state index in [1.807, 2.05) is 0 Å². The Balaban J connectivity index is 1.57. The van der Waals surface area contributed by atoms with Crippen molar-refractivity contribution in [1.82, 2.24) is 5.32 Å². The van der Waals surface area contributed by atoms with E-state index >= 15 is 0 Å². The fraction of sp³-hybridized carbons (Fsp3) is 0.667. The fourth-order valence-corrected chi connectivity index (χ4v) is 3.89. The van der Waals surface area contributed by atoms with E-state index < -0.39 is 0 Å². The lowest BCUT2D eigenvalue weighted by atomic mass is 9.98. The lowest BCUT2D eigenvalue weighted by Crippen LogP contribution is -2.24. The molecule has 19 heavy (non-hydrogen) atoms. The van der Waals surface area contributed by atoms with Gasteiger partial charge in [0.25, 0.3) is 0 Å². The van der Waals surface area contributed by atoms with Gasteiger partial charge in [0.15, 0.2) is 0 Å². The molecule has 1 nitrogen and oxygen atoms in total. The highest BCUT2D eigenvalue weighted by molar-refractivity contribution is 5.31. The van der Waals surface area contributed by atoms with Crippen molar-refractivity contribution in [3.63, 3.8) is 0 Å². The maximum Gasteiger partial charge on any atom is 0.0322 e. The summed E-state index contributed by atoms with van der Waals surface area (Å²) in [5.41, 5.74) is 3.16. The first-order chi connectivity index (χ1) is 9.43. The number of hydrogen-bond donors (Lipinski definition) is 1. The van der Waals surface area contributed by atoms with Crippen LogP contribution in [0.5, 0.6) is 0 Å². The first-order valence-corrected chi connectivity index (χ1v) is 8.24. The normalized spacial score (nSPS) is 24.1. The Kier molecular flexibility index (Phi) is 4.55. The molecule has 1 N–H and O–H groups in total. The summed E-state index contributed by atoms with van der Waals surface area (Å²) in [5.74, 6) is 1.01. The third-order valence-electron chi connectivity index (χ3n) is 5.04. The molecule has 0 aliphatic heterocycles. The Morgan fingerprint density at radius 3 is 2.63 bits per heavy atom. The van der Waals surface area contributed by atoms with Gasteiger partial charge in [-0.05, 0) is 49.3 Å². The largest absolute Gasteiger partial charge is 0.310 e. The van der Waals surface area contributed by atoms with Crippen LogP contribution in [0.15, 0.2) is 24.3 Å². The molecule has 1 fully saturated rings. The van der Waals surface area contributed by atoms with Crippen molar-refractivity contribution < 1.29 is 0 Å². The molecule has 0 spiro atoms. The Hall–Kier alpha value is -0.820. The topological polar surface area (TPSA) is 12.0 Å². The summed E-state index contributed by atoms with van der Waals surface area (Å²) in [6.45, 7) is 1.21. The van der Waals surface area contributed by atoms with E-state index in [0.29, 0.717) is 6.04 Å². The SMILES string of the molecule is c1ccc2c(c1)CCCCC2NCCC1CCCC1. The van der Waals surface area contributed by atoms with E-state index in [1.165, 1.54) is 64.3 Å². The molecule has 1 unspecified atom stereocenters. The van der Waals surface area contributed by atoms with Gasteiger partial charge in [0, 0.05) is 6.04 Å². The van der Waals surface area contributed by atoms with Crippen LogP contribution in [0, 0.1) is 5.92 Å². The van der Waals surface area contributed by atoms with Gasteiger partial charge in [0.05, 0.1) is 0 Å². The van der Waals surface area contributed by atoms with E-state index in [0.717, 1.165) is 5.92 Å². The Morgan fingerprint density at radius 1 is 0.947 bits per heavy atom. The molecule has 1 saturated carbocycles. The van der Waals surface area contributed by atoms with Crippen molar-refractivity contribution in [2.75, 3.05) is 6.54 Å². The highest BCUT2D eigenvalue weighted by Gasteiger charge is 2.19. The van der Waals surface area contributed by atoms with E-state index in [-0.39, 0.29) is 0 Å². The zero-order chi connectivity index (χ0) is 12.9. The monoisotopic (exact) mass is 257 g/mol. The molecule has 1 heteroatoms. The van der Waals surface area contributed by atoms with Gasteiger partial charge in [-0.3, -0.25) is 0 Å². The summed E-state index contributed by atoms with van der Waals surface area (Å²) in [4.78, 5) is 0. The first kappa shape index (κ1) is 13.2. The van der Waals surface area contributed by atoms with Crippen molar-refractivity contribution in [1.29, 1.82) is 0 Å². The second-order valence-corrected chi connectivity index (χ2v) is 6.39. The lowest BCUT2D eigenvalue weighted by molar-refractivity contribution is 0.429. The number of benzene rings is 1. The maximum atomic E-state index is 3.84. The van der Waals surface area contributed by atoms with Gasteiger partial charge in [0.1, 0.15) is 0 Å². The van der Waals surface area contributed by atoms with Crippen molar-refractivity contribution in [2.24, 2.45) is 5.92 Å². The third-order valence-corrected chi connectivity index (χ3v) is 5.04. The second kappa shape index (κ2) is 6.56. The van der Waals surface area contributed by atoms with E-state index in [9.17, 15) is 0 Å². The summed E-state index contributed by atoms with van der Waals surface area (Å²) in [6, 6.07) is 9.68.